The van der Waals surface area contributed by atoms with E-state index in [9.17, 15) is 0 Å². The first kappa shape index (κ1) is 34.7. The Balaban J connectivity index is 0.000000184. The second-order valence-electron chi connectivity index (χ2n) is 14.5. The van der Waals surface area contributed by atoms with Gasteiger partial charge in [0.2, 0.25) is 0 Å². The minimum atomic E-state index is -1.90. The van der Waals surface area contributed by atoms with Crippen molar-refractivity contribution in [1.82, 2.24) is 19.5 Å². The molecule has 4 heterocycles. The fraction of sp³-hybridized carbons (Fsp3) is 0.275. The maximum Gasteiger partial charge on any atom is 0.121 e. The molecule has 7 aromatic rings. The molecule has 47 heavy (non-hydrogen) atoms. The number of furan rings is 1. The van der Waals surface area contributed by atoms with E-state index in [1.54, 1.807) is 6.20 Å². The zero-order valence-corrected chi connectivity index (χ0v) is 33.2. The molecule has 1 radical (unpaired) electrons. The summed E-state index contributed by atoms with van der Waals surface area (Å²) >= 11 is -1.90. The van der Waals surface area contributed by atoms with Gasteiger partial charge >= 0.3 is 132 Å². The smallest absolute Gasteiger partial charge is 0.121 e. The third-order valence-electron chi connectivity index (χ3n) is 8.31. The molecule has 0 atom stereocenters. The summed E-state index contributed by atoms with van der Waals surface area (Å²) in [7, 11) is 2.00. The van der Waals surface area contributed by atoms with Gasteiger partial charge in [-0.3, -0.25) is 9.97 Å². The molecule has 0 saturated carbocycles. The molecule has 7 heteroatoms. The van der Waals surface area contributed by atoms with Gasteiger partial charge in [-0.15, -0.1) is 17.7 Å². The van der Waals surface area contributed by atoms with Crippen LogP contribution < -0.4 is 4.40 Å². The minimum Gasteiger partial charge on any atom is -0.501 e. The van der Waals surface area contributed by atoms with Crippen LogP contribution in [0.25, 0.3) is 55.6 Å². The van der Waals surface area contributed by atoms with Crippen molar-refractivity contribution in [3.63, 3.8) is 0 Å². The van der Waals surface area contributed by atoms with Gasteiger partial charge in [-0.25, -0.2) is 0 Å². The summed E-state index contributed by atoms with van der Waals surface area (Å²) in [6, 6.07) is 27.3. The number of imidazole rings is 1. The molecule has 0 amide bonds. The number of aryl methyl sites for hydroxylation is 3. The third-order valence-corrected chi connectivity index (χ3v) is 12.6. The predicted octanol–water partition coefficient (Wildman–Crippen LogP) is 9.63. The van der Waals surface area contributed by atoms with Crippen LogP contribution in [0.3, 0.4) is 0 Å². The molecule has 0 fully saturated rings. The van der Waals surface area contributed by atoms with E-state index in [2.05, 4.69) is 106 Å². The first-order valence-corrected chi connectivity index (χ1v) is 23.2. The second-order valence-corrected chi connectivity index (χ2v) is 25.1. The molecule has 7 rings (SSSR count). The van der Waals surface area contributed by atoms with Crippen LogP contribution in [0.1, 0.15) is 37.5 Å². The summed E-state index contributed by atoms with van der Waals surface area (Å²) in [6.07, 6.45) is 6.83. The van der Waals surface area contributed by atoms with E-state index in [0.717, 1.165) is 67.6 Å². The minimum absolute atomic E-state index is 0. The topological polar surface area (TPSA) is 56.7 Å². The Morgan fingerprint density at radius 1 is 0.957 bits per heavy atom. The average Bonchev–Trinajstić information content (AvgIpc) is 3.55. The van der Waals surface area contributed by atoms with Crippen molar-refractivity contribution in [1.29, 1.82) is 0 Å². The van der Waals surface area contributed by atoms with Crippen LogP contribution in [0.5, 0.6) is 0 Å². The molecule has 0 aliphatic heterocycles. The fourth-order valence-electron chi connectivity index (χ4n) is 6.10. The number of hydrogen-bond donors (Lipinski definition) is 0. The molecule has 0 aliphatic carbocycles. The van der Waals surface area contributed by atoms with Gasteiger partial charge < -0.3 is 8.98 Å². The summed E-state index contributed by atoms with van der Waals surface area (Å²) in [5.41, 5.74) is 10.8. The predicted molar refractivity (Wildman–Crippen MR) is 194 cm³/mol. The molecule has 4 aromatic heterocycles. The summed E-state index contributed by atoms with van der Waals surface area (Å²) in [6.45, 7) is 11.1. The maximum absolute atomic E-state index is 6.25. The van der Waals surface area contributed by atoms with E-state index in [0.29, 0.717) is 5.41 Å². The summed E-state index contributed by atoms with van der Waals surface area (Å²) < 4.78 is 9.83. The molecule has 0 saturated heterocycles. The van der Waals surface area contributed by atoms with Crippen molar-refractivity contribution in [2.24, 2.45) is 12.5 Å². The fourth-order valence-corrected chi connectivity index (χ4v) is 9.41. The largest absolute Gasteiger partial charge is 0.501 e. The Bertz CT molecular complexity index is 2190. The van der Waals surface area contributed by atoms with Crippen LogP contribution in [0.4, 0.5) is 0 Å². The van der Waals surface area contributed by atoms with E-state index < -0.39 is 13.3 Å². The van der Waals surface area contributed by atoms with Crippen molar-refractivity contribution < 1.29 is 24.5 Å². The van der Waals surface area contributed by atoms with E-state index in [-0.39, 0.29) is 20.1 Å². The Morgan fingerprint density at radius 2 is 1.74 bits per heavy atom. The van der Waals surface area contributed by atoms with Crippen molar-refractivity contribution >= 4 is 50.6 Å². The van der Waals surface area contributed by atoms with Crippen molar-refractivity contribution in [3.05, 3.63) is 108 Å². The summed E-state index contributed by atoms with van der Waals surface area (Å²) in [5.74, 6) is 8.16. The van der Waals surface area contributed by atoms with Crippen LogP contribution >= 0.6 is 0 Å². The van der Waals surface area contributed by atoms with Crippen molar-refractivity contribution in [3.8, 4) is 22.6 Å². The standard InChI is InChI=1S/C21H16N3O.C19H26GeN.Ir/c1-12-4-6-14-18(10-12)25-20-15(7-5-13(2)19(14)20)21-23-16-8-9-22-11-17(16)24(21)3;1-19(2,3)13-16-12-18(15-10-8-7-9-11-15)21-14-17(16)20(4,5)6;/h4-6,8-11H,1-3H3;7-10,12,14H,13H2,1-6H3;/q2*-1;. The van der Waals surface area contributed by atoms with E-state index in [4.69, 9.17) is 14.4 Å². The molecular formula is C40H42GeIrN4O-2. The van der Waals surface area contributed by atoms with Crippen LogP contribution in [0, 0.1) is 31.4 Å². The first-order chi connectivity index (χ1) is 21.8. The number of pyridine rings is 2. The first-order valence-electron chi connectivity index (χ1n) is 15.9. The van der Waals surface area contributed by atoms with Gasteiger partial charge in [0, 0.05) is 38.7 Å². The molecule has 0 unspecified atom stereocenters. The van der Waals surface area contributed by atoms with Crippen molar-refractivity contribution in [2.45, 2.75) is 58.3 Å². The number of rotatable bonds is 4. The number of fused-ring (bicyclic) bond motifs is 4. The number of aromatic nitrogens is 4. The molecule has 0 aliphatic rings. The molecule has 3 aromatic carbocycles. The molecule has 0 spiro atoms. The van der Waals surface area contributed by atoms with Gasteiger partial charge in [-0.1, -0.05) is 30.0 Å². The quantitative estimate of drug-likeness (QED) is 0.131. The van der Waals surface area contributed by atoms with Gasteiger partial charge in [-0.2, -0.15) is 0 Å². The Kier molecular flexibility index (Phi) is 9.98. The van der Waals surface area contributed by atoms with E-state index >= 15 is 0 Å². The van der Waals surface area contributed by atoms with E-state index in [1.165, 1.54) is 15.5 Å². The zero-order valence-electron chi connectivity index (χ0n) is 28.7. The van der Waals surface area contributed by atoms with Gasteiger partial charge in [0.25, 0.3) is 0 Å². The van der Waals surface area contributed by atoms with E-state index in [1.807, 2.05) is 48.1 Å². The van der Waals surface area contributed by atoms with Gasteiger partial charge in [0.15, 0.2) is 0 Å². The SMILES string of the molecule is CC(C)(C)Cc1cc(-c2[c-]cccc2)nc[c]1[Ge]([CH3])([CH3])[CH3].Cc1ccc2c(c1)oc1c(-c3nc4ccncc4n3C)[c-]cc(C)c12.[Ir]. The van der Waals surface area contributed by atoms with Gasteiger partial charge in [0.05, 0.1) is 28.6 Å². The number of nitrogens with zero attached hydrogens (tertiary/aromatic N) is 4. The number of hydrogen-bond acceptors (Lipinski definition) is 4. The maximum atomic E-state index is 6.25. The Hall–Kier alpha value is -3.58. The van der Waals surface area contributed by atoms with Crippen LogP contribution in [0.2, 0.25) is 17.3 Å². The Labute approximate surface area is 294 Å². The normalized spacial score (nSPS) is 11.9. The van der Waals surface area contributed by atoms with Crippen LogP contribution in [-0.2, 0) is 33.6 Å². The second kappa shape index (κ2) is 13.5. The van der Waals surface area contributed by atoms with Crippen LogP contribution in [0.15, 0.2) is 83.7 Å². The molecule has 0 bridgehead atoms. The van der Waals surface area contributed by atoms with Gasteiger partial charge in [0.1, 0.15) is 5.58 Å². The molecule has 5 nitrogen and oxygen atoms in total. The van der Waals surface area contributed by atoms with Crippen molar-refractivity contribution in [2.75, 3.05) is 0 Å². The van der Waals surface area contributed by atoms with Crippen LogP contribution in [-0.4, -0.2) is 32.8 Å². The Morgan fingerprint density at radius 3 is 2.43 bits per heavy atom. The van der Waals surface area contributed by atoms with Gasteiger partial charge in [-0.05, 0) is 24.6 Å². The molecule has 0 N–H and O–H groups in total. The average molecular weight is 860 g/mol. The summed E-state index contributed by atoms with van der Waals surface area (Å²) in [5, 5.41) is 2.27. The number of benzene rings is 3. The molecule has 243 valence electrons. The summed E-state index contributed by atoms with van der Waals surface area (Å²) in [4.78, 5) is 13.7. The third kappa shape index (κ3) is 7.30. The monoisotopic (exact) mass is 861 g/mol. The molecular weight excluding hydrogens is 817 g/mol. The zero-order chi connectivity index (χ0) is 32.8.